The first-order valence-corrected chi connectivity index (χ1v) is 6.68. The fraction of sp³-hybridized carbons (Fsp3) is 0.462. The third-order valence-corrected chi connectivity index (χ3v) is 2.76. The largest absolute Gasteiger partial charge is 0.451 e. The van der Waals surface area contributed by atoms with Gasteiger partial charge in [-0.1, -0.05) is 6.92 Å². The van der Waals surface area contributed by atoms with E-state index in [1.54, 1.807) is 23.9 Å². The Bertz CT molecular complexity index is 606. The summed E-state index contributed by atoms with van der Waals surface area (Å²) in [6.45, 7) is 4.23. The molecule has 0 unspecified atom stereocenters. The molecule has 0 atom stereocenters. The van der Waals surface area contributed by atoms with Gasteiger partial charge >= 0.3 is 6.18 Å². The number of imidazole rings is 1. The van der Waals surface area contributed by atoms with E-state index >= 15 is 0 Å². The molecule has 0 radical (unpaired) electrons. The van der Waals surface area contributed by atoms with Crippen LogP contribution in [0, 0.1) is 0 Å². The topological polar surface area (TPSA) is 55.6 Å². The fourth-order valence-electron chi connectivity index (χ4n) is 1.91. The van der Waals surface area contributed by atoms with Crippen LogP contribution < -0.4 is 5.32 Å². The lowest BCUT2D eigenvalue weighted by atomic mass is 10.3. The van der Waals surface area contributed by atoms with Crippen molar-refractivity contribution in [1.29, 1.82) is 0 Å². The van der Waals surface area contributed by atoms with E-state index < -0.39 is 12.0 Å². The van der Waals surface area contributed by atoms with Crippen molar-refractivity contribution >= 4 is 5.82 Å². The van der Waals surface area contributed by atoms with Gasteiger partial charge in [-0.2, -0.15) is 13.2 Å². The minimum absolute atomic E-state index is 0.144. The van der Waals surface area contributed by atoms with Crippen molar-refractivity contribution in [3.63, 3.8) is 0 Å². The minimum atomic E-state index is -4.59. The SMILES string of the molecule is CCCc1nccn1-c1cc(NCC)nc(C(F)(F)F)n1. The van der Waals surface area contributed by atoms with Crippen LogP contribution >= 0.6 is 0 Å². The lowest BCUT2D eigenvalue weighted by Crippen LogP contribution is -2.16. The summed E-state index contributed by atoms with van der Waals surface area (Å²) in [5.41, 5.74) is 0. The molecule has 0 bridgehead atoms. The van der Waals surface area contributed by atoms with Crippen molar-refractivity contribution in [2.24, 2.45) is 0 Å². The number of anilines is 1. The van der Waals surface area contributed by atoms with Crippen LogP contribution in [0.1, 0.15) is 31.9 Å². The molecule has 0 spiro atoms. The van der Waals surface area contributed by atoms with Crippen molar-refractivity contribution in [1.82, 2.24) is 19.5 Å². The van der Waals surface area contributed by atoms with Crippen LogP contribution in [0.4, 0.5) is 19.0 Å². The monoisotopic (exact) mass is 299 g/mol. The van der Waals surface area contributed by atoms with Gasteiger partial charge in [0, 0.05) is 31.4 Å². The van der Waals surface area contributed by atoms with Crippen LogP contribution in [0.2, 0.25) is 0 Å². The molecule has 0 saturated heterocycles. The summed E-state index contributed by atoms with van der Waals surface area (Å²) in [4.78, 5) is 11.3. The zero-order valence-electron chi connectivity index (χ0n) is 11.8. The first-order chi connectivity index (χ1) is 9.95. The van der Waals surface area contributed by atoms with E-state index in [0.29, 0.717) is 18.8 Å². The van der Waals surface area contributed by atoms with Crippen molar-refractivity contribution in [2.45, 2.75) is 32.9 Å². The van der Waals surface area contributed by atoms with Gasteiger partial charge in [0.15, 0.2) is 0 Å². The molecule has 0 saturated carbocycles. The number of aryl methyl sites for hydroxylation is 1. The average molecular weight is 299 g/mol. The second-order valence-corrected chi connectivity index (χ2v) is 4.43. The number of halogens is 3. The van der Waals surface area contributed by atoms with E-state index in [1.807, 2.05) is 6.92 Å². The van der Waals surface area contributed by atoms with Crippen LogP contribution in [0.3, 0.4) is 0 Å². The third-order valence-electron chi connectivity index (χ3n) is 2.76. The van der Waals surface area contributed by atoms with Crippen LogP contribution in [0.5, 0.6) is 0 Å². The maximum Gasteiger partial charge on any atom is 0.451 e. The lowest BCUT2D eigenvalue weighted by Gasteiger charge is -2.12. The standard InChI is InChI=1S/C13H16F3N5/c1-3-5-10-18-6-7-21(10)11-8-9(17-4-2)19-12(20-11)13(14,15)16/h6-8H,3-5H2,1-2H3,(H,17,19,20). The molecule has 1 N–H and O–H groups in total. The van der Waals surface area contributed by atoms with Gasteiger partial charge in [0.2, 0.25) is 5.82 Å². The summed E-state index contributed by atoms with van der Waals surface area (Å²) in [6, 6.07) is 1.49. The van der Waals surface area contributed by atoms with Crippen molar-refractivity contribution in [3.8, 4) is 5.82 Å². The van der Waals surface area contributed by atoms with Crippen molar-refractivity contribution in [3.05, 3.63) is 30.1 Å². The van der Waals surface area contributed by atoms with E-state index in [-0.39, 0.29) is 11.6 Å². The Morgan fingerprint density at radius 1 is 1.24 bits per heavy atom. The molecule has 0 aromatic carbocycles. The average Bonchev–Trinajstić information content (AvgIpc) is 2.86. The van der Waals surface area contributed by atoms with E-state index in [0.717, 1.165) is 6.42 Å². The van der Waals surface area contributed by atoms with Gasteiger partial charge in [-0.25, -0.2) is 15.0 Å². The second-order valence-electron chi connectivity index (χ2n) is 4.43. The van der Waals surface area contributed by atoms with Crippen molar-refractivity contribution in [2.75, 3.05) is 11.9 Å². The number of hydrogen-bond acceptors (Lipinski definition) is 4. The number of nitrogens with zero attached hydrogens (tertiary/aromatic N) is 4. The molecule has 2 aromatic rings. The lowest BCUT2D eigenvalue weighted by molar-refractivity contribution is -0.144. The van der Waals surface area contributed by atoms with Crippen LogP contribution in [-0.4, -0.2) is 26.1 Å². The zero-order valence-corrected chi connectivity index (χ0v) is 11.8. The molecule has 0 amide bonds. The highest BCUT2D eigenvalue weighted by Gasteiger charge is 2.35. The highest BCUT2D eigenvalue weighted by molar-refractivity contribution is 5.42. The summed E-state index contributed by atoms with van der Waals surface area (Å²) in [6.07, 6.45) is 0.0609. The molecule has 0 aliphatic heterocycles. The zero-order chi connectivity index (χ0) is 15.5. The minimum Gasteiger partial charge on any atom is -0.370 e. The second kappa shape index (κ2) is 6.11. The van der Waals surface area contributed by atoms with E-state index in [9.17, 15) is 13.2 Å². The molecule has 0 fully saturated rings. The highest BCUT2D eigenvalue weighted by Crippen LogP contribution is 2.28. The smallest absolute Gasteiger partial charge is 0.370 e. The third kappa shape index (κ3) is 3.50. The number of alkyl halides is 3. The van der Waals surface area contributed by atoms with Gasteiger partial charge in [0.1, 0.15) is 17.5 Å². The van der Waals surface area contributed by atoms with Gasteiger partial charge in [-0.05, 0) is 13.3 Å². The normalized spacial score (nSPS) is 11.7. The van der Waals surface area contributed by atoms with Crippen LogP contribution in [0.15, 0.2) is 18.5 Å². The van der Waals surface area contributed by atoms with E-state index in [4.69, 9.17) is 0 Å². The van der Waals surface area contributed by atoms with Gasteiger partial charge in [0.05, 0.1) is 0 Å². The van der Waals surface area contributed by atoms with Crippen LogP contribution in [0.25, 0.3) is 5.82 Å². The number of nitrogens with one attached hydrogen (secondary N) is 1. The predicted octanol–water partition coefficient (Wildman–Crippen LogP) is 3.07. The number of hydrogen-bond donors (Lipinski definition) is 1. The van der Waals surface area contributed by atoms with Gasteiger partial charge in [-0.15, -0.1) is 0 Å². The summed E-state index contributed by atoms with van der Waals surface area (Å²) in [7, 11) is 0. The summed E-state index contributed by atoms with van der Waals surface area (Å²) >= 11 is 0. The van der Waals surface area contributed by atoms with Crippen molar-refractivity contribution < 1.29 is 13.2 Å². The predicted molar refractivity (Wildman–Crippen MR) is 72.3 cm³/mol. The summed E-state index contributed by atoms with van der Waals surface area (Å²) in [5.74, 6) is -0.181. The molecule has 2 aromatic heterocycles. The van der Waals surface area contributed by atoms with Gasteiger partial charge < -0.3 is 5.32 Å². The molecule has 0 aliphatic carbocycles. The molecule has 5 nitrogen and oxygen atoms in total. The molecule has 114 valence electrons. The molecular weight excluding hydrogens is 283 g/mol. The van der Waals surface area contributed by atoms with E-state index in [2.05, 4.69) is 20.3 Å². The number of aromatic nitrogens is 4. The molecule has 2 rings (SSSR count). The van der Waals surface area contributed by atoms with E-state index in [1.165, 1.54) is 6.07 Å². The Morgan fingerprint density at radius 2 is 2.00 bits per heavy atom. The fourth-order valence-corrected chi connectivity index (χ4v) is 1.91. The van der Waals surface area contributed by atoms with Gasteiger partial charge in [0.25, 0.3) is 0 Å². The Hall–Kier alpha value is -2.12. The maximum atomic E-state index is 12.9. The van der Waals surface area contributed by atoms with Gasteiger partial charge in [-0.3, -0.25) is 4.57 Å². The Balaban J connectivity index is 2.51. The summed E-state index contributed by atoms with van der Waals surface area (Å²) in [5, 5.41) is 2.79. The highest BCUT2D eigenvalue weighted by atomic mass is 19.4. The summed E-state index contributed by atoms with van der Waals surface area (Å²) < 4.78 is 40.3. The van der Waals surface area contributed by atoms with Crippen LogP contribution in [-0.2, 0) is 12.6 Å². The Kier molecular flexibility index (Phi) is 4.44. The maximum absolute atomic E-state index is 12.9. The number of rotatable bonds is 5. The quantitative estimate of drug-likeness (QED) is 0.922. The Morgan fingerprint density at radius 3 is 2.62 bits per heavy atom. The molecular formula is C13H16F3N5. The molecule has 0 aliphatic rings. The first-order valence-electron chi connectivity index (χ1n) is 6.68. The molecule has 8 heteroatoms. The Labute approximate surface area is 120 Å². The molecule has 21 heavy (non-hydrogen) atoms. The first kappa shape index (κ1) is 15.3. The molecule has 2 heterocycles.